The molecule has 0 aromatic carbocycles. The average Bonchev–Trinajstić information content (AvgIpc) is 2.95. The van der Waals surface area contributed by atoms with E-state index < -0.39 is 5.97 Å². The molecule has 2 aliphatic carbocycles. The molecule has 0 spiro atoms. The molecule has 20 heavy (non-hydrogen) atoms. The van der Waals surface area contributed by atoms with Gasteiger partial charge < -0.3 is 14.2 Å². The zero-order valence-electron chi connectivity index (χ0n) is 11.7. The summed E-state index contributed by atoms with van der Waals surface area (Å²) < 4.78 is 15.8. The van der Waals surface area contributed by atoms with E-state index in [-0.39, 0.29) is 24.6 Å². The first-order valence-electron chi connectivity index (χ1n) is 7.19. The Kier molecular flexibility index (Phi) is 3.54. The van der Waals surface area contributed by atoms with Crippen LogP contribution in [0.3, 0.4) is 0 Å². The van der Waals surface area contributed by atoms with Crippen molar-refractivity contribution in [3.05, 3.63) is 12.2 Å². The number of hydrogen-bond acceptors (Lipinski definition) is 5. The van der Waals surface area contributed by atoms with Crippen molar-refractivity contribution in [1.82, 2.24) is 0 Å². The number of hydrogen-bond donors (Lipinski definition) is 0. The van der Waals surface area contributed by atoms with Crippen LogP contribution >= 0.6 is 0 Å². The third-order valence-corrected chi connectivity index (χ3v) is 4.58. The fourth-order valence-corrected chi connectivity index (χ4v) is 3.56. The fourth-order valence-electron chi connectivity index (χ4n) is 3.56. The Hall–Kier alpha value is -1.36. The van der Waals surface area contributed by atoms with Gasteiger partial charge in [0.05, 0.1) is 19.1 Å². The summed E-state index contributed by atoms with van der Waals surface area (Å²) in [5.74, 6) is 1.42. The second-order valence-electron chi connectivity index (χ2n) is 6.05. The molecule has 1 saturated heterocycles. The lowest BCUT2D eigenvalue weighted by Crippen LogP contribution is -2.26. The number of carbonyl (C=O) groups is 2. The minimum absolute atomic E-state index is 0.0514. The Balaban J connectivity index is 1.38. The molecule has 3 aliphatic rings. The first kappa shape index (κ1) is 13.6. The van der Waals surface area contributed by atoms with Crippen LogP contribution in [0.15, 0.2) is 12.2 Å². The minimum atomic E-state index is -0.405. The van der Waals surface area contributed by atoms with E-state index in [4.69, 9.17) is 14.2 Å². The van der Waals surface area contributed by atoms with Crippen molar-refractivity contribution >= 4 is 11.9 Å². The van der Waals surface area contributed by atoms with Crippen LogP contribution in [0.4, 0.5) is 0 Å². The van der Waals surface area contributed by atoms with E-state index in [0.29, 0.717) is 30.6 Å². The highest BCUT2D eigenvalue weighted by atomic mass is 16.6. The van der Waals surface area contributed by atoms with E-state index in [9.17, 15) is 9.59 Å². The van der Waals surface area contributed by atoms with Crippen molar-refractivity contribution in [1.29, 1.82) is 0 Å². The Morgan fingerprint density at radius 3 is 2.95 bits per heavy atom. The summed E-state index contributed by atoms with van der Waals surface area (Å²) in [7, 11) is 0. The van der Waals surface area contributed by atoms with Gasteiger partial charge in [-0.05, 0) is 31.6 Å². The number of ether oxygens (including phenoxy) is 3. The molecule has 1 heterocycles. The van der Waals surface area contributed by atoms with Crippen LogP contribution in [0.5, 0.6) is 0 Å². The molecule has 0 amide bonds. The lowest BCUT2D eigenvalue weighted by Gasteiger charge is -2.17. The van der Waals surface area contributed by atoms with Crippen molar-refractivity contribution < 1.29 is 23.8 Å². The Morgan fingerprint density at radius 1 is 1.40 bits per heavy atom. The van der Waals surface area contributed by atoms with Gasteiger partial charge in [0.15, 0.2) is 0 Å². The smallest absolute Gasteiger partial charge is 0.333 e. The number of esters is 2. The third kappa shape index (κ3) is 2.46. The van der Waals surface area contributed by atoms with Crippen molar-refractivity contribution in [2.45, 2.75) is 25.9 Å². The standard InChI is InChI=1S/C15H20O5/c1-8(2)14(16)19-4-3-18-7-12-13-10-5-9(10)6-11(13)15(17)20-12/h9-13H,1,3-7H2,2H3. The Bertz CT molecular complexity index is 444. The number of cyclic esters (lactones) is 1. The fraction of sp³-hybridized carbons (Fsp3) is 0.733. The summed E-state index contributed by atoms with van der Waals surface area (Å²) in [5.41, 5.74) is 0.378. The summed E-state index contributed by atoms with van der Waals surface area (Å²) >= 11 is 0. The van der Waals surface area contributed by atoms with Crippen LogP contribution in [0.25, 0.3) is 0 Å². The first-order valence-corrected chi connectivity index (χ1v) is 7.19. The zero-order valence-corrected chi connectivity index (χ0v) is 11.7. The molecular weight excluding hydrogens is 260 g/mol. The molecule has 3 rings (SSSR count). The molecule has 2 saturated carbocycles. The Morgan fingerprint density at radius 2 is 2.20 bits per heavy atom. The monoisotopic (exact) mass is 280 g/mol. The topological polar surface area (TPSA) is 61.8 Å². The molecule has 0 radical (unpaired) electrons. The van der Waals surface area contributed by atoms with Crippen LogP contribution < -0.4 is 0 Å². The molecule has 0 aromatic rings. The summed E-state index contributed by atoms with van der Waals surface area (Å²) in [4.78, 5) is 22.9. The Labute approximate surface area is 118 Å². The van der Waals surface area contributed by atoms with Crippen molar-refractivity contribution in [3.63, 3.8) is 0 Å². The van der Waals surface area contributed by atoms with E-state index in [0.717, 1.165) is 12.3 Å². The highest BCUT2D eigenvalue weighted by Gasteiger charge is 2.62. The van der Waals surface area contributed by atoms with E-state index in [2.05, 4.69) is 6.58 Å². The van der Waals surface area contributed by atoms with Gasteiger partial charge >= 0.3 is 11.9 Å². The quantitative estimate of drug-likeness (QED) is 0.417. The van der Waals surface area contributed by atoms with Gasteiger partial charge in [0, 0.05) is 11.5 Å². The summed E-state index contributed by atoms with van der Waals surface area (Å²) in [5, 5.41) is 0. The van der Waals surface area contributed by atoms with Gasteiger partial charge in [-0.1, -0.05) is 6.58 Å². The van der Waals surface area contributed by atoms with Gasteiger partial charge in [-0.2, -0.15) is 0 Å². The first-order chi connectivity index (χ1) is 9.58. The largest absolute Gasteiger partial charge is 0.460 e. The molecular formula is C15H20O5. The third-order valence-electron chi connectivity index (χ3n) is 4.58. The molecule has 5 unspecified atom stereocenters. The highest BCUT2D eigenvalue weighted by Crippen LogP contribution is 2.61. The molecule has 3 fully saturated rings. The molecule has 0 bridgehead atoms. The van der Waals surface area contributed by atoms with E-state index in [1.165, 1.54) is 6.42 Å². The predicted molar refractivity (Wildman–Crippen MR) is 69.7 cm³/mol. The maximum atomic E-state index is 11.7. The van der Waals surface area contributed by atoms with Gasteiger partial charge in [-0.15, -0.1) is 0 Å². The van der Waals surface area contributed by atoms with Gasteiger partial charge in [0.25, 0.3) is 0 Å². The normalized spacial score (nSPS) is 37.0. The van der Waals surface area contributed by atoms with Crippen LogP contribution in [0.2, 0.25) is 0 Å². The second-order valence-corrected chi connectivity index (χ2v) is 6.05. The van der Waals surface area contributed by atoms with Gasteiger partial charge in [0.1, 0.15) is 12.7 Å². The van der Waals surface area contributed by atoms with E-state index >= 15 is 0 Å². The molecule has 0 aromatic heterocycles. The predicted octanol–water partition coefficient (Wildman–Crippen LogP) is 1.32. The number of rotatable bonds is 6. The second kappa shape index (κ2) is 5.20. The maximum Gasteiger partial charge on any atom is 0.333 e. The lowest BCUT2D eigenvalue weighted by molar-refractivity contribution is -0.147. The van der Waals surface area contributed by atoms with E-state index in [1.54, 1.807) is 6.92 Å². The van der Waals surface area contributed by atoms with Gasteiger partial charge in [-0.25, -0.2) is 4.79 Å². The van der Waals surface area contributed by atoms with Crippen LogP contribution in [0.1, 0.15) is 19.8 Å². The summed E-state index contributed by atoms with van der Waals surface area (Å²) in [6.45, 7) is 6.03. The molecule has 5 atom stereocenters. The maximum absolute atomic E-state index is 11.7. The molecule has 5 nitrogen and oxygen atoms in total. The van der Waals surface area contributed by atoms with E-state index in [1.807, 2.05) is 0 Å². The van der Waals surface area contributed by atoms with Crippen LogP contribution in [-0.2, 0) is 23.8 Å². The van der Waals surface area contributed by atoms with Crippen molar-refractivity contribution in [3.8, 4) is 0 Å². The molecule has 110 valence electrons. The van der Waals surface area contributed by atoms with Crippen molar-refractivity contribution in [2.24, 2.45) is 23.7 Å². The van der Waals surface area contributed by atoms with Gasteiger partial charge in [-0.3, -0.25) is 4.79 Å². The molecule has 1 aliphatic heterocycles. The average molecular weight is 280 g/mol. The lowest BCUT2D eigenvalue weighted by atomic mass is 9.90. The van der Waals surface area contributed by atoms with Crippen molar-refractivity contribution in [2.75, 3.05) is 19.8 Å². The number of carbonyl (C=O) groups excluding carboxylic acids is 2. The zero-order chi connectivity index (χ0) is 14.3. The number of fused-ring (bicyclic) bond motifs is 3. The van der Waals surface area contributed by atoms with Crippen LogP contribution in [0, 0.1) is 23.7 Å². The molecule has 5 heteroatoms. The molecule has 0 N–H and O–H groups in total. The summed E-state index contributed by atoms with van der Waals surface area (Å²) in [6.07, 6.45) is 2.13. The summed E-state index contributed by atoms with van der Waals surface area (Å²) in [6, 6.07) is 0. The van der Waals surface area contributed by atoms with Crippen LogP contribution in [-0.4, -0.2) is 37.9 Å². The minimum Gasteiger partial charge on any atom is -0.460 e. The van der Waals surface area contributed by atoms with Gasteiger partial charge in [0.2, 0.25) is 0 Å². The SMILES string of the molecule is C=C(C)C(=O)OCCOCC1OC(=O)C2CC3CC3C12. The highest BCUT2D eigenvalue weighted by molar-refractivity contribution is 5.86.